The second-order valence-electron chi connectivity index (χ2n) is 4.33. The first kappa shape index (κ1) is 15.9. The summed E-state index contributed by atoms with van der Waals surface area (Å²) in [7, 11) is -3.38. The molecule has 0 aromatic carbocycles. The number of nitrogens with one attached hydrogen (secondary N) is 1. The Kier molecular flexibility index (Phi) is 5.96. The third-order valence-electron chi connectivity index (χ3n) is 2.66. The van der Waals surface area contributed by atoms with Crippen LogP contribution >= 0.6 is 15.9 Å². The van der Waals surface area contributed by atoms with E-state index in [4.69, 9.17) is 0 Å². The highest BCUT2D eigenvalue weighted by Crippen LogP contribution is 2.15. The highest BCUT2D eigenvalue weighted by molar-refractivity contribution is 9.09. The fraction of sp³-hybridized carbons (Fsp3) is 0.900. The number of halogens is 1. The topological polar surface area (TPSA) is 63.2 Å². The third-order valence-corrected chi connectivity index (χ3v) is 5.80. The molecule has 0 aliphatic carbocycles. The standard InChI is InChI=1S/C10H20BrNO3S/c1-5-8(11)6-7-12-9(13)10(2,3)16(4,14)15/h8H,5-7H2,1-4H3,(H,12,13). The van der Waals surface area contributed by atoms with Gasteiger partial charge in [0.1, 0.15) is 4.75 Å². The molecular formula is C10H20BrNO3S. The van der Waals surface area contributed by atoms with Crippen LogP contribution in [0.2, 0.25) is 0 Å². The summed E-state index contributed by atoms with van der Waals surface area (Å²) in [6.07, 6.45) is 2.85. The van der Waals surface area contributed by atoms with Crippen LogP contribution in [-0.2, 0) is 14.6 Å². The Morgan fingerprint density at radius 1 is 1.44 bits per heavy atom. The van der Waals surface area contributed by atoms with E-state index in [2.05, 4.69) is 21.2 Å². The zero-order chi connectivity index (χ0) is 13.0. The van der Waals surface area contributed by atoms with Crippen molar-refractivity contribution >= 4 is 31.7 Å². The quantitative estimate of drug-likeness (QED) is 0.756. The lowest BCUT2D eigenvalue weighted by Gasteiger charge is -2.21. The lowest BCUT2D eigenvalue weighted by molar-refractivity contribution is -0.122. The lowest BCUT2D eigenvalue weighted by Crippen LogP contribution is -2.48. The molecule has 0 heterocycles. The van der Waals surface area contributed by atoms with Gasteiger partial charge in [-0.2, -0.15) is 0 Å². The zero-order valence-corrected chi connectivity index (χ0v) is 12.6. The van der Waals surface area contributed by atoms with Crippen molar-refractivity contribution in [2.45, 2.75) is 43.2 Å². The van der Waals surface area contributed by atoms with Gasteiger partial charge in [-0.15, -0.1) is 0 Å². The van der Waals surface area contributed by atoms with Gasteiger partial charge in [-0.25, -0.2) is 8.42 Å². The monoisotopic (exact) mass is 313 g/mol. The van der Waals surface area contributed by atoms with Gasteiger partial charge in [-0.05, 0) is 26.7 Å². The summed E-state index contributed by atoms with van der Waals surface area (Å²) >= 11 is 3.45. The smallest absolute Gasteiger partial charge is 0.240 e. The molecule has 1 amide bonds. The highest BCUT2D eigenvalue weighted by atomic mass is 79.9. The summed E-state index contributed by atoms with van der Waals surface area (Å²) in [4.78, 5) is 12.0. The van der Waals surface area contributed by atoms with E-state index in [1.165, 1.54) is 13.8 Å². The SMILES string of the molecule is CCC(Br)CCNC(=O)C(C)(C)S(C)(=O)=O. The minimum atomic E-state index is -3.38. The van der Waals surface area contributed by atoms with Gasteiger partial charge < -0.3 is 5.32 Å². The van der Waals surface area contributed by atoms with Gasteiger partial charge in [0, 0.05) is 17.6 Å². The fourth-order valence-corrected chi connectivity index (χ4v) is 1.57. The maximum absolute atomic E-state index is 11.7. The number of amides is 1. The zero-order valence-electron chi connectivity index (χ0n) is 10.2. The minimum Gasteiger partial charge on any atom is -0.355 e. The molecule has 16 heavy (non-hydrogen) atoms. The molecule has 4 nitrogen and oxygen atoms in total. The second-order valence-corrected chi connectivity index (χ2v) is 8.19. The first-order valence-corrected chi connectivity index (χ1v) is 8.05. The van der Waals surface area contributed by atoms with Crippen molar-refractivity contribution in [2.75, 3.05) is 12.8 Å². The lowest BCUT2D eigenvalue weighted by atomic mass is 10.2. The van der Waals surface area contributed by atoms with Gasteiger partial charge in [0.25, 0.3) is 0 Å². The number of carbonyl (C=O) groups is 1. The summed E-state index contributed by atoms with van der Waals surface area (Å²) in [5.74, 6) is -0.439. The van der Waals surface area contributed by atoms with Crippen LogP contribution in [0.15, 0.2) is 0 Å². The first-order chi connectivity index (χ1) is 7.13. The first-order valence-electron chi connectivity index (χ1n) is 5.25. The molecule has 0 radical (unpaired) electrons. The number of sulfone groups is 1. The van der Waals surface area contributed by atoms with Crippen LogP contribution in [0.25, 0.3) is 0 Å². The Labute approximate surface area is 106 Å². The van der Waals surface area contributed by atoms with Crippen LogP contribution < -0.4 is 5.32 Å². The van der Waals surface area contributed by atoms with E-state index in [9.17, 15) is 13.2 Å². The summed E-state index contributed by atoms with van der Waals surface area (Å²) < 4.78 is 21.4. The van der Waals surface area contributed by atoms with Crippen LogP contribution in [0.1, 0.15) is 33.6 Å². The van der Waals surface area contributed by atoms with E-state index in [1.54, 1.807) is 0 Å². The molecule has 0 aromatic rings. The van der Waals surface area contributed by atoms with Crippen molar-refractivity contribution in [3.05, 3.63) is 0 Å². The average Bonchev–Trinajstić information content (AvgIpc) is 2.15. The maximum Gasteiger partial charge on any atom is 0.240 e. The number of rotatable bonds is 6. The van der Waals surface area contributed by atoms with Gasteiger partial charge in [0.2, 0.25) is 5.91 Å². The van der Waals surface area contributed by atoms with E-state index < -0.39 is 20.5 Å². The minimum absolute atomic E-state index is 0.356. The molecule has 0 fully saturated rings. The molecule has 0 aliphatic heterocycles. The van der Waals surface area contributed by atoms with Crippen LogP contribution in [0.5, 0.6) is 0 Å². The van der Waals surface area contributed by atoms with Crippen molar-refractivity contribution in [2.24, 2.45) is 0 Å². The average molecular weight is 314 g/mol. The molecule has 0 aromatic heterocycles. The maximum atomic E-state index is 11.7. The molecule has 96 valence electrons. The molecule has 0 saturated heterocycles. The van der Waals surface area contributed by atoms with Crippen LogP contribution in [0, 0.1) is 0 Å². The Balaban J connectivity index is 4.28. The Morgan fingerprint density at radius 3 is 2.31 bits per heavy atom. The molecule has 6 heteroatoms. The molecule has 1 N–H and O–H groups in total. The van der Waals surface area contributed by atoms with Gasteiger partial charge in [0.15, 0.2) is 9.84 Å². The highest BCUT2D eigenvalue weighted by Gasteiger charge is 2.38. The Bertz CT molecular complexity index is 338. The number of hydrogen-bond donors (Lipinski definition) is 1. The van der Waals surface area contributed by atoms with Crippen LogP contribution in [0.3, 0.4) is 0 Å². The van der Waals surface area contributed by atoms with Crippen LogP contribution in [-0.4, -0.2) is 36.7 Å². The number of carbonyl (C=O) groups excluding carboxylic acids is 1. The molecule has 1 unspecified atom stereocenters. The fourth-order valence-electron chi connectivity index (χ4n) is 0.928. The molecule has 0 bridgehead atoms. The van der Waals surface area contributed by atoms with Gasteiger partial charge in [-0.3, -0.25) is 4.79 Å². The van der Waals surface area contributed by atoms with Crippen molar-refractivity contribution in [3.63, 3.8) is 0 Å². The van der Waals surface area contributed by atoms with Gasteiger partial charge in [0.05, 0.1) is 0 Å². The van der Waals surface area contributed by atoms with Crippen molar-refractivity contribution in [1.29, 1.82) is 0 Å². The van der Waals surface area contributed by atoms with E-state index in [0.29, 0.717) is 11.4 Å². The third kappa shape index (κ3) is 4.41. The van der Waals surface area contributed by atoms with Crippen LogP contribution in [0.4, 0.5) is 0 Å². The molecule has 0 rings (SSSR count). The molecule has 1 atom stereocenters. The van der Waals surface area contributed by atoms with Gasteiger partial charge >= 0.3 is 0 Å². The van der Waals surface area contributed by atoms with E-state index in [0.717, 1.165) is 19.1 Å². The summed E-state index contributed by atoms with van der Waals surface area (Å²) in [6, 6.07) is 0. The summed E-state index contributed by atoms with van der Waals surface area (Å²) in [5.41, 5.74) is 0. The van der Waals surface area contributed by atoms with E-state index in [1.807, 2.05) is 6.92 Å². The second kappa shape index (κ2) is 6.00. The van der Waals surface area contributed by atoms with Crippen molar-refractivity contribution in [1.82, 2.24) is 5.32 Å². The van der Waals surface area contributed by atoms with E-state index in [-0.39, 0.29) is 0 Å². The Morgan fingerprint density at radius 2 is 1.94 bits per heavy atom. The molecular weight excluding hydrogens is 294 g/mol. The van der Waals surface area contributed by atoms with Crippen molar-refractivity contribution < 1.29 is 13.2 Å². The summed E-state index contributed by atoms with van der Waals surface area (Å²) in [6.45, 7) is 5.37. The molecule has 0 saturated carbocycles. The number of alkyl halides is 1. The normalized spacial score (nSPS) is 14.6. The van der Waals surface area contributed by atoms with Gasteiger partial charge in [-0.1, -0.05) is 22.9 Å². The molecule has 0 spiro atoms. The predicted molar refractivity (Wildman–Crippen MR) is 69.6 cm³/mol. The Hall–Kier alpha value is -0.100. The summed E-state index contributed by atoms with van der Waals surface area (Å²) in [5, 5.41) is 2.65. The molecule has 0 aliphatic rings. The largest absolute Gasteiger partial charge is 0.355 e. The van der Waals surface area contributed by atoms with E-state index >= 15 is 0 Å². The van der Waals surface area contributed by atoms with Crippen molar-refractivity contribution in [3.8, 4) is 0 Å². The number of hydrogen-bond acceptors (Lipinski definition) is 3. The predicted octanol–water partition coefficient (Wildman–Crippen LogP) is 1.49.